The monoisotopic (exact) mass is 248 g/mol. The number of benzene rings is 1. The number of likely N-dealkylation sites (N-methyl/N-ethyl adjacent to an activating group) is 2. The van der Waals surface area contributed by atoms with Gasteiger partial charge in [0.05, 0.1) is 6.61 Å². The molecule has 1 aliphatic heterocycles. The number of aliphatic hydroxyl groups is 1. The zero-order chi connectivity index (χ0) is 13.1. The molecule has 1 N–H and O–H groups in total. The van der Waals surface area contributed by atoms with Crippen molar-refractivity contribution in [2.24, 2.45) is 0 Å². The highest BCUT2D eigenvalue weighted by atomic mass is 16.3. The van der Waals surface area contributed by atoms with Crippen molar-refractivity contribution in [3.05, 3.63) is 29.3 Å². The van der Waals surface area contributed by atoms with Gasteiger partial charge in [0, 0.05) is 25.3 Å². The minimum atomic E-state index is 0.121. The second-order valence-electron chi connectivity index (χ2n) is 5.44. The van der Waals surface area contributed by atoms with Crippen molar-refractivity contribution in [2.45, 2.75) is 32.4 Å². The molecule has 0 aliphatic carbocycles. The van der Waals surface area contributed by atoms with Crippen molar-refractivity contribution in [2.75, 3.05) is 32.1 Å². The third kappa shape index (κ3) is 2.85. The van der Waals surface area contributed by atoms with Crippen molar-refractivity contribution in [1.29, 1.82) is 0 Å². The minimum Gasteiger partial charge on any atom is -0.392 e. The molecule has 1 aliphatic rings. The number of rotatable bonds is 4. The number of likely N-dealkylation sites (tertiary alicyclic amines) is 1. The van der Waals surface area contributed by atoms with Crippen LogP contribution < -0.4 is 4.90 Å². The summed E-state index contributed by atoms with van der Waals surface area (Å²) in [6, 6.07) is 6.88. The molecule has 3 nitrogen and oxygen atoms in total. The average molecular weight is 248 g/mol. The van der Waals surface area contributed by atoms with E-state index >= 15 is 0 Å². The van der Waals surface area contributed by atoms with Crippen LogP contribution in [0.3, 0.4) is 0 Å². The van der Waals surface area contributed by atoms with E-state index in [-0.39, 0.29) is 6.61 Å². The average Bonchev–Trinajstić information content (AvgIpc) is 2.74. The molecule has 0 radical (unpaired) electrons. The Morgan fingerprint density at radius 3 is 2.78 bits per heavy atom. The normalized spacial score (nSPS) is 20.3. The number of hydrogen-bond donors (Lipinski definition) is 1. The van der Waals surface area contributed by atoms with Crippen LogP contribution in [0.2, 0.25) is 0 Å². The van der Waals surface area contributed by atoms with Gasteiger partial charge in [-0.05, 0) is 50.6 Å². The lowest BCUT2D eigenvalue weighted by Gasteiger charge is -2.28. The fraction of sp³-hybridized carbons (Fsp3) is 0.600. The van der Waals surface area contributed by atoms with E-state index in [1.54, 1.807) is 0 Å². The van der Waals surface area contributed by atoms with Crippen LogP contribution in [0.5, 0.6) is 0 Å². The molecule has 1 unspecified atom stereocenters. The van der Waals surface area contributed by atoms with Gasteiger partial charge in [-0.3, -0.25) is 0 Å². The van der Waals surface area contributed by atoms with Crippen LogP contribution in [0, 0.1) is 6.92 Å². The predicted octanol–water partition coefficient (Wildman–Crippen LogP) is 2.02. The molecule has 100 valence electrons. The van der Waals surface area contributed by atoms with Crippen LogP contribution in [-0.4, -0.2) is 43.2 Å². The largest absolute Gasteiger partial charge is 0.392 e. The maximum Gasteiger partial charge on any atom is 0.0681 e. The second kappa shape index (κ2) is 5.72. The van der Waals surface area contributed by atoms with Gasteiger partial charge in [-0.15, -0.1) is 0 Å². The van der Waals surface area contributed by atoms with Gasteiger partial charge in [-0.2, -0.15) is 0 Å². The number of hydrogen-bond acceptors (Lipinski definition) is 3. The smallest absolute Gasteiger partial charge is 0.0681 e. The Labute approximate surface area is 110 Å². The fourth-order valence-corrected chi connectivity index (χ4v) is 2.87. The molecule has 0 amide bonds. The Bertz CT molecular complexity index is 405. The third-order valence-corrected chi connectivity index (χ3v) is 4.01. The molecule has 1 aromatic carbocycles. The topological polar surface area (TPSA) is 26.7 Å². The Hall–Kier alpha value is -1.06. The first-order chi connectivity index (χ1) is 8.61. The van der Waals surface area contributed by atoms with E-state index in [0.29, 0.717) is 6.04 Å². The number of aryl methyl sites for hydroxylation is 1. The van der Waals surface area contributed by atoms with Gasteiger partial charge in [0.2, 0.25) is 0 Å². The second-order valence-corrected chi connectivity index (χ2v) is 5.44. The van der Waals surface area contributed by atoms with E-state index in [1.165, 1.54) is 30.6 Å². The lowest BCUT2D eigenvalue weighted by Crippen LogP contribution is -2.36. The summed E-state index contributed by atoms with van der Waals surface area (Å²) >= 11 is 0. The SMILES string of the molecule is Cc1cc(CO)ccc1N(C)CC1CCCN1C. The van der Waals surface area contributed by atoms with Crippen LogP contribution in [0.4, 0.5) is 5.69 Å². The molecular weight excluding hydrogens is 224 g/mol. The summed E-state index contributed by atoms with van der Waals surface area (Å²) in [7, 11) is 4.38. The Kier molecular flexibility index (Phi) is 4.25. The van der Waals surface area contributed by atoms with Gasteiger partial charge in [0.25, 0.3) is 0 Å². The molecule has 1 fully saturated rings. The summed E-state index contributed by atoms with van der Waals surface area (Å²) in [5, 5.41) is 9.14. The van der Waals surface area contributed by atoms with Crippen LogP contribution >= 0.6 is 0 Å². The van der Waals surface area contributed by atoms with E-state index in [2.05, 4.69) is 43.0 Å². The first-order valence-electron chi connectivity index (χ1n) is 6.73. The standard InChI is InChI=1S/C15H24N2O/c1-12-9-13(11-18)6-7-15(12)17(3)10-14-5-4-8-16(14)2/h6-7,9,14,18H,4-5,8,10-11H2,1-3H3. The maximum absolute atomic E-state index is 9.14. The van der Waals surface area contributed by atoms with E-state index in [9.17, 15) is 0 Å². The summed E-state index contributed by atoms with van der Waals surface area (Å²) < 4.78 is 0. The van der Waals surface area contributed by atoms with E-state index < -0.39 is 0 Å². The molecule has 1 heterocycles. The summed E-state index contributed by atoms with van der Waals surface area (Å²) in [6.45, 7) is 4.54. The van der Waals surface area contributed by atoms with Crippen molar-refractivity contribution in [1.82, 2.24) is 4.90 Å². The molecule has 3 heteroatoms. The Morgan fingerprint density at radius 1 is 1.44 bits per heavy atom. The van der Waals surface area contributed by atoms with Gasteiger partial charge in [0.15, 0.2) is 0 Å². The molecule has 0 saturated carbocycles. The Balaban J connectivity index is 2.06. The molecule has 2 rings (SSSR count). The van der Waals surface area contributed by atoms with Gasteiger partial charge >= 0.3 is 0 Å². The quantitative estimate of drug-likeness (QED) is 0.883. The van der Waals surface area contributed by atoms with Crippen LogP contribution in [0.25, 0.3) is 0 Å². The predicted molar refractivity (Wildman–Crippen MR) is 76.0 cm³/mol. The van der Waals surface area contributed by atoms with E-state index in [0.717, 1.165) is 12.1 Å². The maximum atomic E-state index is 9.14. The first-order valence-corrected chi connectivity index (χ1v) is 6.73. The summed E-state index contributed by atoms with van der Waals surface area (Å²) in [5.74, 6) is 0. The molecule has 0 aromatic heterocycles. The van der Waals surface area contributed by atoms with Crippen molar-refractivity contribution in [3.8, 4) is 0 Å². The van der Waals surface area contributed by atoms with Crippen molar-refractivity contribution in [3.63, 3.8) is 0 Å². The van der Waals surface area contributed by atoms with Gasteiger partial charge in [-0.25, -0.2) is 0 Å². The van der Waals surface area contributed by atoms with Crippen LogP contribution in [0.1, 0.15) is 24.0 Å². The molecule has 1 aromatic rings. The molecular formula is C15H24N2O. The highest BCUT2D eigenvalue weighted by Crippen LogP contribution is 2.23. The number of aliphatic hydroxyl groups excluding tert-OH is 1. The molecule has 1 atom stereocenters. The highest BCUT2D eigenvalue weighted by Gasteiger charge is 2.22. The minimum absolute atomic E-state index is 0.121. The summed E-state index contributed by atoms with van der Waals surface area (Å²) in [5.41, 5.74) is 3.50. The zero-order valence-corrected chi connectivity index (χ0v) is 11.7. The van der Waals surface area contributed by atoms with Crippen molar-refractivity contribution >= 4 is 5.69 Å². The van der Waals surface area contributed by atoms with Gasteiger partial charge in [0.1, 0.15) is 0 Å². The van der Waals surface area contributed by atoms with Crippen LogP contribution in [0.15, 0.2) is 18.2 Å². The fourth-order valence-electron chi connectivity index (χ4n) is 2.87. The van der Waals surface area contributed by atoms with Gasteiger partial charge in [-0.1, -0.05) is 12.1 Å². The molecule has 1 saturated heterocycles. The van der Waals surface area contributed by atoms with Crippen molar-refractivity contribution < 1.29 is 5.11 Å². The summed E-state index contributed by atoms with van der Waals surface area (Å²) in [4.78, 5) is 4.79. The van der Waals surface area contributed by atoms with Crippen LogP contribution in [-0.2, 0) is 6.61 Å². The number of anilines is 1. The third-order valence-electron chi connectivity index (χ3n) is 4.01. The molecule has 0 spiro atoms. The summed E-state index contributed by atoms with van der Waals surface area (Å²) in [6.07, 6.45) is 2.62. The lowest BCUT2D eigenvalue weighted by molar-refractivity contribution is 0.282. The molecule has 18 heavy (non-hydrogen) atoms. The molecule has 0 bridgehead atoms. The van der Waals surface area contributed by atoms with E-state index in [1.807, 2.05) is 6.07 Å². The highest BCUT2D eigenvalue weighted by molar-refractivity contribution is 5.54. The zero-order valence-electron chi connectivity index (χ0n) is 11.7. The lowest BCUT2D eigenvalue weighted by atomic mass is 10.1. The van der Waals surface area contributed by atoms with Gasteiger partial charge < -0.3 is 14.9 Å². The number of nitrogens with zero attached hydrogens (tertiary/aromatic N) is 2. The van der Waals surface area contributed by atoms with E-state index in [4.69, 9.17) is 5.11 Å². The first kappa shape index (κ1) is 13.4. The Morgan fingerprint density at radius 2 is 2.22 bits per heavy atom.